The van der Waals surface area contributed by atoms with Crippen molar-refractivity contribution >= 4 is 30.6 Å². The molecule has 0 saturated carbocycles. The Kier molecular flexibility index (Phi) is 10.0. The second-order valence-corrected chi connectivity index (χ2v) is 14.6. The number of aliphatic hydroxyl groups is 1. The molecule has 0 radical (unpaired) electrons. The van der Waals surface area contributed by atoms with E-state index in [2.05, 4.69) is 51.6 Å². The van der Waals surface area contributed by atoms with E-state index in [1.54, 1.807) is 0 Å². The van der Waals surface area contributed by atoms with Crippen molar-refractivity contribution in [2.45, 2.75) is 70.4 Å². The van der Waals surface area contributed by atoms with E-state index in [1.807, 2.05) is 36.4 Å². The van der Waals surface area contributed by atoms with Crippen molar-refractivity contribution in [1.29, 1.82) is 0 Å². The summed E-state index contributed by atoms with van der Waals surface area (Å²) < 4.78 is 29.7. The van der Waals surface area contributed by atoms with Gasteiger partial charge in [-0.15, -0.1) is 6.58 Å². The first-order valence-electron chi connectivity index (χ1n) is 12.7. The number of esters is 2. The molecule has 0 amide bonds. The van der Waals surface area contributed by atoms with Crippen LogP contribution in [0.5, 0.6) is 0 Å². The number of carbonyl (C=O) groups is 2. The number of carbonyl (C=O) groups excluding carboxylic acids is 2. The van der Waals surface area contributed by atoms with E-state index in [4.69, 9.17) is 23.4 Å². The second-order valence-electron chi connectivity index (χ2n) is 10.3. The third-order valence-electron chi connectivity index (χ3n) is 6.48. The minimum atomic E-state index is -2.96. The molecule has 3 rings (SSSR count). The molecule has 1 heterocycles. The quantitative estimate of drug-likeness (QED) is 0.278. The highest BCUT2D eigenvalue weighted by Gasteiger charge is 2.54. The third kappa shape index (κ3) is 6.59. The molecule has 0 unspecified atom stereocenters. The molecule has 5 atom stereocenters. The maximum Gasteiger partial charge on any atom is 0.303 e. The van der Waals surface area contributed by atoms with Crippen LogP contribution >= 0.6 is 0 Å². The molecule has 8 nitrogen and oxygen atoms in total. The van der Waals surface area contributed by atoms with Crippen LogP contribution in [0.15, 0.2) is 73.3 Å². The summed E-state index contributed by atoms with van der Waals surface area (Å²) >= 11 is 0. The largest absolute Gasteiger partial charge is 0.457 e. The smallest absolute Gasteiger partial charge is 0.303 e. The summed E-state index contributed by atoms with van der Waals surface area (Å²) in [7, 11) is -2.96. The fourth-order valence-corrected chi connectivity index (χ4v) is 9.52. The maximum atomic E-state index is 12.0. The predicted molar refractivity (Wildman–Crippen MR) is 145 cm³/mol. The average Bonchev–Trinajstić information content (AvgIpc) is 2.87. The predicted octanol–water partition coefficient (Wildman–Crippen LogP) is 2.71. The van der Waals surface area contributed by atoms with Gasteiger partial charge in [0.1, 0.15) is 12.2 Å². The SMILES string of the molecule is C=CCO[C@@H]1O[C@@H](CO[Si](c2ccccc2)(c2ccccc2)C(C)(C)C)[C@@H](OC(C)=O)[C@@H](O)[C@@H]1OC(C)=O. The highest BCUT2D eigenvalue weighted by Crippen LogP contribution is 2.38. The Morgan fingerprint density at radius 2 is 1.45 bits per heavy atom. The van der Waals surface area contributed by atoms with Crippen LogP contribution in [-0.4, -0.2) is 69.3 Å². The molecular formula is C29H38O8Si. The number of hydrogen-bond acceptors (Lipinski definition) is 8. The van der Waals surface area contributed by atoms with Gasteiger partial charge < -0.3 is 28.5 Å². The van der Waals surface area contributed by atoms with Crippen LogP contribution in [0.4, 0.5) is 0 Å². The Morgan fingerprint density at radius 1 is 0.947 bits per heavy atom. The Labute approximate surface area is 225 Å². The average molecular weight is 543 g/mol. The Bertz CT molecular complexity index is 1030. The van der Waals surface area contributed by atoms with Crippen molar-refractivity contribution in [3.05, 3.63) is 73.3 Å². The van der Waals surface area contributed by atoms with E-state index in [-0.39, 0.29) is 18.3 Å². The Balaban J connectivity index is 2.04. The molecule has 1 aliphatic heterocycles. The lowest BCUT2D eigenvalue weighted by Crippen LogP contribution is -2.68. The van der Waals surface area contributed by atoms with Crippen LogP contribution in [0, 0.1) is 0 Å². The molecule has 1 fully saturated rings. The van der Waals surface area contributed by atoms with Crippen LogP contribution < -0.4 is 10.4 Å². The first kappa shape index (κ1) is 29.7. The molecule has 2 aromatic carbocycles. The van der Waals surface area contributed by atoms with Gasteiger partial charge in [0.15, 0.2) is 18.5 Å². The maximum absolute atomic E-state index is 12.0. The summed E-state index contributed by atoms with van der Waals surface area (Å²) in [5.74, 6) is -1.24. The van der Waals surface area contributed by atoms with Crippen LogP contribution in [0.2, 0.25) is 5.04 Å². The minimum absolute atomic E-state index is 0.0109. The van der Waals surface area contributed by atoms with Gasteiger partial charge in [-0.1, -0.05) is 87.5 Å². The minimum Gasteiger partial charge on any atom is -0.457 e. The fourth-order valence-electron chi connectivity index (χ4n) is 4.95. The Morgan fingerprint density at radius 3 is 1.89 bits per heavy atom. The van der Waals surface area contributed by atoms with Crippen LogP contribution in [-0.2, 0) is 33.0 Å². The molecule has 2 aromatic rings. The van der Waals surface area contributed by atoms with E-state index < -0.39 is 51.0 Å². The molecule has 206 valence electrons. The monoisotopic (exact) mass is 542 g/mol. The van der Waals surface area contributed by atoms with Crippen molar-refractivity contribution in [1.82, 2.24) is 0 Å². The van der Waals surface area contributed by atoms with Gasteiger partial charge in [-0.25, -0.2) is 0 Å². The van der Waals surface area contributed by atoms with E-state index in [0.717, 1.165) is 10.4 Å². The first-order valence-corrected chi connectivity index (χ1v) is 14.6. The topological polar surface area (TPSA) is 101 Å². The van der Waals surface area contributed by atoms with Gasteiger partial charge in [-0.3, -0.25) is 9.59 Å². The van der Waals surface area contributed by atoms with E-state index >= 15 is 0 Å². The third-order valence-corrected chi connectivity index (χ3v) is 11.5. The zero-order valence-corrected chi connectivity index (χ0v) is 23.7. The fraction of sp³-hybridized carbons (Fsp3) is 0.448. The zero-order valence-electron chi connectivity index (χ0n) is 22.7. The Hall–Kier alpha value is -2.82. The summed E-state index contributed by atoms with van der Waals surface area (Å²) in [6.45, 7) is 12.6. The van der Waals surface area contributed by atoms with Gasteiger partial charge in [0.05, 0.1) is 13.2 Å². The molecule has 0 aliphatic carbocycles. The van der Waals surface area contributed by atoms with Crippen molar-refractivity contribution < 1.29 is 38.1 Å². The first-order chi connectivity index (χ1) is 18.0. The van der Waals surface area contributed by atoms with Crippen LogP contribution in [0.1, 0.15) is 34.6 Å². The summed E-state index contributed by atoms with van der Waals surface area (Å²) in [5, 5.41) is 13.0. The summed E-state index contributed by atoms with van der Waals surface area (Å²) in [4.78, 5) is 23.8. The van der Waals surface area contributed by atoms with Gasteiger partial charge in [0, 0.05) is 13.8 Å². The molecule has 0 aromatic heterocycles. The molecule has 0 bridgehead atoms. The zero-order chi connectivity index (χ0) is 27.9. The molecule has 1 aliphatic rings. The standard InChI is InChI=1S/C29H38O8Si/c1-7-18-33-28-27(36-21(3)31)25(32)26(35-20(2)30)24(37-28)19-34-38(29(4,5)6,22-14-10-8-11-15-22)23-16-12-9-13-17-23/h7-17,24-28,32H,1,18-19H2,2-6H3/t24-,25+,26+,27-,28+/m0/s1. The number of benzene rings is 2. The normalized spacial score (nSPS) is 23.9. The highest BCUT2D eigenvalue weighted by atomic mass is 28.4. The number of rotatable bonds is 10. The van der Waals surface area contributed by atoms with Crippen molar-refractivity contribution in [2.75, 3.05) is 13.2 Å². The summed E-state index contributed by atoms with van der Waals surface area (Å²) in [5.41, 5.74) is 0. The van der Waals surface area contributed by atoms with Crippen LogP contribution in [0.25, 0.3) is 0 Å². The van der Waals surface area contributed by atoms with Crippen LogP contribution in [0.3, 0.4) is 0 Å². The van der Waals surface area contributed by atoms with Crippen molar-refractivity contribution in [3.8, 4) is 0 Å². The lowest BCUT2D eigenvalue weighted by atomic mass is 9.98. The lowest BCUT2D eigenvalue weighted by Gasteiger charge is -2.46. The summed E-state index contributed by atoms with van der Waals surface area (Å²) in [6.07, 6.45) is -4.27. The van der Waals surface area contributed by atoms with E-state index in [0.29, 0.717) is 0 Å². The van der Waals surface area contributed by atoms with Gasteiger partial charge >= 0.3 is 11.9 Å². The number of hydrogen-bond donors (Lipinski definition) is 1. The second kappa shape index (κ2) is 12.8. The van der Waals surface area contributed by atoms with Gasteiger partial charge in [0.2, 0.25) is 0 Å². The highest BCUT2D eigenvalue weighted by molar-refractivity contribution is 6.99. The molecule has 0 spiro atoms. The van der Waals surface area contributed by atoms with Gasteiger partial charge in [0.25, 0.3) is 8.32 Å². The van der Waals surface area contributed by atoms with Gasteiger partial charge in [-0.05, 0) is 15.4 Å². The number of ether oxygens (including phenoxy) is 4. The summed E-state index contributed by atoms with van der Waals surface area (Å²) in [6, 6.07) is 20.1. The van der Waals surface area contributed by atoms with E-state index in [1.165, 1.54) is 19.9 Å². The number of aliphatic hydroxyl groups excluding tert-OH is 1. The molecule has 1 N–H and O–H groups in total. The molecule has 9 heteroatoms. The molecule has 38 heavy (non-hydrogen) atoms. The van der Waals surface area contributed by atoms with E-state index in [9.17, 15) is 14.7 Å². The molecular weight excluding hydrogens is 504 g/mol. The lowest BCUT2D eigenvalue weighted by molar-refractivity contribution is -0.302. The van der Waals surface area contributed by atoms with Crippen molar-refractivity contribution in [2.24, 2.45) is 0 Å². The molecule has 1 saturated heterocycles. The van der Waals surface area contributed by atoms with Gasteiger partial charge in [-0.2, -0.15) is 0 Å². The van der Waals surface area contributed by atoms with Crippen molar-refractivity contribution in [3.63, 3.8) is 0 Å².